The van der Waals surface area contributed by atoms with Gasteiger partial charge in [0.15, 0.2) is 5.96 Å². The van der Waals surface area contributed by atoms with E-state index in [1.165, 1.54) is 36.4 Å². The molecular formula is C22H24F3N5O4S. The van der Waals surface area contributed by atoms with Gasteiger partial charge >= 0.3 is 6.18 Å². The van der Waals surface area contributed by atoms with E-state index in [2.05, 4.69) is 4.99 Å². The Morgan fingerprint density at radius 2 is 1.63 bits per heavy atom. The van der Waals surface area contributed by atoms with Crippen molar-refractivity contribution in [1.29, 1.82) is 0 Å². The number of hydrogen-bond acceptors (Lipinski definition) is 4. The van der Waals surface area contributed by atoms with Crippen LogP contribution in [0.2, 0.25) is 0 Å². The van der Waals surface area contributed by atoms with Crippen molar-refractivity contribution in [1.82, 2.24) is 4.90 Å². The Morgan fingerprint density at radius 1 is 1.03 bits per heavy atom. The van der Waals surface area contributed by atoms with Crippen LogP contribution in [0.3, 0.4) is 0 Å². The summed E-state index contributed by atoms with van der Waals surface area (Å²) in [6, 6.07) is 8.85. The molecule has 1 aliphatic heterocycles. The van der Waals surface area contributed by atoms with Crippen molar-refractivity contribution in [3.8, 4) is 0 Å². The SMILES string of the molecule is NC(N)=NC(=O)c1ccc(C2CCN(C(=O)Cc3ccc(S(N)(=O)=O)cc3)CC2)c(C(F)(F)F)c1. The van der Waals surface area contributed by atoms with Crippen LogP contribution in [0, 0.1) is 0 Å². The molecule has 9 nitrogen and oxygen atoms in total. The quantitative estimate of drug-likeness (QED) is 0.409. The lowest BCUT2D eigenvalue weighted by Gasteiger charge is -2.33. The fourth-order valence-corrected chi connectivity index (χ4v) is 4.51. The van der Waals surface area contributed by atoms with Gasteiger partial charge in [0.2, 0.25) is 15.9 Å². The van der Waals surface area contributed by atoms with Crippen LogP contribution in [0.4, 0.5) is 13.2 Å². The lowest BCUT2D eigenvalue weighted by Crippen LogP contribution is -2.39. The average molecular weight is 512 g/mol. The van der Waals surface area contributed by atoms with Gasteiger partial charge in [-0.2, -0.15) is 18.2 Å². The number of amides is 2. The number of rotatable bonds is 5. The fraction of sp³-hybridized carbons (Fsp3) is 0.318. The fourth-order valence-electron chi connectivity index (χ4n) is 4.00. The summed E-state index contributed by atoms with van der Waals surface area (Å²) in [7, 11) is -3.84. The summed E-state index contributed by atoms with van der Waals surface area (Å²) < 4.78 is 63.9. The van der Waals surface area contributed by atoms with Crippen LogP contribution < -0.4 is 16.6 Å². The largest absolute Gasteiger partial charge is 0.416 e. The highest BCUT2D eigenvalue weighted by molar-refractivity contribution is 7.89. The summed E-state index contributed by atoms with van der Waals surface area (Å²) in [6.45, 7) is 0.509. The Bertz CT molecular complexity index is 1250. The molecule has 2 aromatic rings. The Labute approximate surface area is 199 Å². The van der Waals surface area contributed by atoms with Gasteiger partial charge in [0, 0.05) is 18.7 Å². The molecule has 0 aromatic heterocycles. The second-order valence-corrected chi connectivity index (χ2v) is 9.72. The Hall–Kier alpha value is -3.45. The van der Waals surface area contributed by atoms with E-state index in [-0.39, 0.29) is 41.4 Å². The highest BCUT2D eigenvalue weighted by atomic mass is 32.2. The maximum atomic E-state index is 13.8. The van der Waals surface area contributed by atoms with E-state index in [0.717, 1.165) is 6.07 Å². The van der Waals surface area contributed by atoms with E-state index in [1.54, 1.807) is 4.90 Å². The molecule has 1 aliphatic rings. The van der Waals surface area contributed by atoms with E-state index in [9.17, 15) is 31.2 Å². The highest BCUT2D eigenvalue weighted by Crippen LogP contribution is 2.39. The van der Waals surface area contributed by atoms with Crippen molar-refractivity contribution in [3.05, 3.63) is 64.7 Å². The van der Waals surface area contributed by atoms with Crippen LogP contribution in [0.25, 0.3) is 0 Å². The van der Waals surface area contributed by atoms with E-state index >= 15 is 0 Å². The molecule has 35 heavy (non-hydrogen) atoms. The van der Waals surface area contributed by atoms with E-state index in [4.69, 9.17) is 16.6 Å². The number of guanidine groups is 1. The number of benzene rings is 2. The van der Waals surface area contributed by atoms with E-state index in [0.29, 0.717) is 18.4 Å². The lowest BCUT2D eigenvalue weighted by molar-refractivity contribution is -0.139. The molecule has 1 saturated heterocycles. The number of carbonyl (C=O) groups excluding carboxylic acids is 2. The van der Waals surface area contributed by atoms with Crippen molar-refractivity contribution >= 4 is 27.8 Å². The average Bonchev–Trinajstić information content (AvgIpc) is 2.77. The zero-order valence-corrected chi connectivity index (χ0v) is 19.3. The minimum Gasteiger partial charge on any atom is -0.370 e. The monoisotopic (exact) mass is 511 g/mol. The first-order valence-electron chi connectivity index (χ1n) is 10.5. The standard InChI is InChI=1S/C22H24F3N5O4S/c23-22(24,25)18-12-15(20(32)29-21(26)27)3-6-17(18)14-7-9-30(10-8-14)19(31)11-13-1-4-16(5-2-13)35(28,33)34/h1-6,12,14H,7-11H2,(H2,28,33,34)(H4,26,27,29,32). The zero-order valence-electron chi connectivity index (χ0n) is 18.5. The van der Waals surface area contributed by atoms with Gasteiger partial charge in [0.05, 0.1) is 16.9 Å². The number of nitrogens with zero attached hydrogens (tertiary/aromatic N) is 2. The summed E-state index contributed by atoms with van der Waals surface area (Å²) in [6.07, 6.45) is -4.06. The van der Waals surface area contributed by atoms with Gasteiger partial charge in [-0.15, -0.1) is 0 Å². The number of likely N-dealkylation sites (tertiary alicyclic amines) is 1. The molecule has 6 N–H and O–H groups in total. The van der Waals surface area contributed by atoms with Crippen LogP contribution in [0.15, 0.2) is 52.4 Å². The number of primary sulfonamides is 1. The van der Waals surface area contributed by atoms with Gasteiger partial charge in [0.1, 0.15) is 0 Å². The van der Waals surface area contributed by atoms with Crippen molar-refractivity contribution < 1.29 is 31.2 Å². The first-order valence-corrected chi connectivity index (χ1v) is 12.0. The molecule has 0 saturated carbocycles. The number of piperidine rings is 1. The summed E-state index contributed by atoms with van der Waals surface area (Å²) >= 11 is 0. The Balaban J connectivity index is 1.70. The number of hydrogen-bond donors (Lipinski definition) is 3. The topological polar surface area (TPSA) is 162 Å². The third-order valence-corrected chi connectivity index (χ3v) is 6.66. The predicted molar refractivity (Wildman–Crippen MR) is 122 cm³/mol. The van der Waals surface area contributed by atoms with Crippen molar-refractivity contribution in [3.63, 3.8) is 0 Å². The summed E-state index contributed by atoms with van der Waals surface area (Å²) in [5.41, 5.74) is 9.68. The second-order valence-electron chi connectivity index (χ2n) is 8.16. The third kappa shape index (κ3) is 6.57. The molecule has 1 fully saturated rings. The smallest absolute Gasteiger partial charge is 0.370 e. The van der Waals surface area contributed by atoms with Crippen LogP contribution in [0.5, 0.6) is 0 Å². The molecule has 0 bridgehead atoms. The Kier molecular flexibility index (Phi) is 7.50. The molecule has 0 atom stereocenters. The molecule has 0 aliphatic carbocycles. The van der Waals surface area contributed by atoms with Gasteiger partial charge in [-0.05, 0) is 54.2 Å². The van der Waals surface area contributed by atoms with Crippen LogP contribution in [0.1, 0.15) is 45.8 Å². The third-order valence-electron chi connectivity index (χ3n) is 5.73. The normalized spacial score (nSPS) is 15.0. The number of sulfonamides is 1. The minimum absolute atomic E-state index is 0.0188. The van der Waals surface area contributed by atoms with Gasteiger partial charge in [-0.3, -0.25) is 9.59 Å². The number of alkyl halides is 3. The molecule has 0 unspecified atom stereocenters. The molecule has 2 amide bonds. The number of halogens is 3. The van der Waals surface area contributed by atoms with Crippen LogP contribution in [-0.2, 0) is 27.4 Å². The van der Waals surface area contributed by atoms with E-state index < -0.39 is 39.5 Å². The van der Waals surface area contributed by atoms with Crippen LogP contribution in [-0.4, -0.2) is 44.2 Å². The number of carbonyl (C=O) groups is 2. The molecule has 13 heteroatoms. The van der Waals surface area contributed by atoms with Gasteiger partial charge in [0.25, 0.3) is 5.91 Å². The van der Waals surface area contributed by atoms with Gasteiger partial charge in [-0.1, -0.05) is 18.2 Å². The van der Waals surface area contributed by atoms with Crippen molar-refractivity contribution in [2.45, 2.75) is 36.3 Å². The molecule has 0 spiro atoms. The second kappa shape index (κ2) is 10.0. The molecule has 2 aromatic carbocycles. The minimum atomic E-state index is -4.69. The first kappa shape index (κ1) is 26.2. The number of nitrogens with two attached hydrogens (primary N) is 3. The summed E-state index contributed by atoms with van der Waals surface area (Å²) in [4.78, 5) is 29.4. The molecule has 0 radical (unpaired) electrons. The summed E-state index contributed by atoms with van der Waals surface area (Å²) in [5, 5.41) is 5.06. The lowest BCUT2D eigenvalue weighted by atomic mass is 9.85. The van der Waals surface area contributed by atoms with Gasteiger partial charge < -0.3 is 16.4 Å². The maximum Gasteiger partial charge on any atom is 0.416 e. The Morgan fingerprint density at radius 3 is 2.14 bits per heavy atom. The van der Waals surface area contributed by atoms with Crippen LogP contribution >= 0.6 is 0 Å². The molecular weight excluding hydrogens is 487 g/mol. The van der Waals surface area contributed by atoms with Gasteiger partial charge in [-0.25, -0.2) is 13.6 Å². The predicted octanol–water partition coefficient (Wildman–Crippen LogP) is 1.72. The molecule has 188 valence electrons. The van der Waals surface area contributed by atoms with Crippen molar-refractivity contribution in [2.24, 2.45) is 21.6 Å². The zero-order chi connectivity index (χ0) is 26.0. The van der Waals surface area contributed by atoms with E-state index in [1.807, 2.05) is 0 Å². The maximum absolute atomic E-state index is 13.8. The first-order chi connectivity index (χ1) is 16.3. The highest BCUT2D eigenvalue weighted by Gasteiger charge is 2.37. The molecule has 1 heterocycles. The number of aliphatic imine (C=N–C) groups is 1. The summed E-state index contributed by atoms with van der Waals surface area (Å²) in [5.74, 6) is -2.21. The van der Waals surface area contributed by atoms with Crippen molar-refractivity contribution in [2.75, 3.05) is 13.1 Å². The molecule has 3 rings (SSSR count).